The van der Waals surface area contributed by atoms with Gasteiger partial charge in [-0.3, -0.25) is 9.78 Å². The number of nitrogens with one attached hydrogen (secondary N) is 1. The molecule has 0 aliphatic heterocycles. The molecule has 0 aliphatic rings. The monoisotopic (exact) mass is 283 g/mol. The molecular formula is C16H17N3O2. The highest BCUT2D eigenvalue weighted by Crippen LogP contribution is 2.13. The number of rotatable bonds is 5. The van der Waals surface area contributed by atoms with Gasteiger partial charge >= 0.3 is 0 Å². The molecule has 0 bridgehead atoms. The van der Waals surface area contributed by atoms with Gasteiger partial charge < -0.3 is 4.74 Å². The van der Waals surface area contributed by atoms with Crippen LogP contribution in [0, 0.1) is 0 Å². The zero-order valence-electron chi connectivity index (χ0n) is 12.0. The number of hydrazone groups is 1. The van der Waals surface area contributed by atoms with E-state index in [-0.39, 0.29) is 12.0 Å². The fourth-order valence-electron chi connectivity index (χ4n) is 1.67. The molecule has 0 spiro atoms. The van der Waals surface area contributed by atoms with Crippen LogP contribution in [0.1, 0.15) is 29.8 Å². The Balaban J connectivity index is 1.97. The van der Waals surface area contributed by atoms with E-state index in [1.54, 1.807) is 24.5 Å². The van der Waals surface area contributed by atoms with Gasteiger partial charge in [-0.05, 0) is 43.7 Å². The first-order valence-corrected chi connectivity index (χ1v) is 6.65. The number of carbonyl (C=O) groups excluding carboxylic acids is 1. The summed E-state index contributed by atoms with van der Waals surface area (Å²) in [5.74, 6) is 0.474. The first kappa shape index (κ1) is 14.7. The summed E-state index contributed by atoms with van der Waals surface area (Å²) in [6, 6.07) is 10.9. The van der Waals surface area contributed by atoms with Crippen LogP contribution in [0.3, 0.4) is 0 Å². The van der Waals surface area contributed by atoms with Crippen molar-refractivity contribution in [3.05, 3.63) is 59.9 Å². The van der Waals surface area contributed by atoms with E-state index in [4.69, 9.17) is 4.74 Å². The average molecular weight is 283 g/mol. The summed E-state index contributed by atoms with van der Waals surface area (Å²) in [6.45, 7) is 3.93. The minimum Gasteiger partial charge on any atom is -0.491 e. The molecule has 108 valence electrons. The molecule has 0 fully saturated rings. The lowest BCUT2D eigenvalue weighted by Crippen LogP contribution is -2.17. The molecule has 0 saturated carbocycles. The molecular weight excluding hydrogens is 266 g/mol. The summed E-state index contributed by atoms with van der Waals surface area (Å²) in [4.78, 5) is 15.6. The third kappa shape index (κ3) is 4.72. The molecule has 2 rings (SSSR count). The molecule has 2 aromatic rings. The van der Waals surface area contributed by atoms with Gasteiger partial charge in [0.2, 0.25) is 0 Å². The normalized spacial score (nSPS) is 10.8. The van der Waals surface area contributed by atoms with Gasteiger partial charge in [-0.15, -0.1) is 0 Å². The van der Waals surface area contributed by atoms with Gasteiger partial charge in [0.15, 0.2) is 0 Å². The standard InChI is InChI=1S/C16H17N3O2/c1-12(2)21-15-7-3-5-13(9-15)10-18-19-16(20)14-6-4-8-17-11-14/h3-12H,1-2H3,(H,19,20)/b18-10-. The number of ether oxygens (including phenoxy) is 1. The molecule has 0 aliphatic carbocycles. The van der Waals surface area contributed by atoms with Gasteiger partial charge in [0.05, 0.1) is 17.9 Å². The second-order valence-corrected chi connectivity index (χ2v) is 4.68. The number of benzene rings is 1. The van der Waals surface area contributed by atoms with Crippen molar-refractivity contribution in [3.8, 4) is 5.75 Å². The molecule has 0 atom stereocenters. The molecule has 0 radical (unpaired) electrons. The third-order valence-corrected chi connectivity index (χ3v) is 2.53. The molecule has 5 nitrogen and oxygen atoms in total. The maximum atomic E-state index is 11.8. The Morgan fingerprint density at radius 2 is 2.19 bits per heavy atom. The highest BCUT2D eigenvalue weighted by atomic mass is 16.5. The predicted octanol–water partition coefficient (Wildman–Crippen LogP) is 2.63. The van der Waals surface area contributed by atoms with Crippen molar-refractivity contribution in [1.29, 1.82) is 0 Å². The summed E-state index contributed by atoms with van der Waals surface area (Å²) < 4.78 is 5.59. The van der Waals surface area contributed by atoms with Crippen LogP contribution in [0.4, 0.5) is 0 Å². The number of amides is 1. The molecule has 1 aromatic heterocycles. The summed E-state index contributed by atoms with van der Waals surface area (Å²) in [5, 5.41) is 3.93. The third-order valence-electron chi connectivity index (χ3n) is 2.53. The minimum absolute atomic E-state index is 0.113. The summed E-state index contributed by atoms with van der Waals surface area (Å²) >= 11 is 0. The molecule has 0 saturated heterocycles. The summed E-state index contributed by atoms with van der Waals surface area (Å²) in [7, 11) is 0. The molecule has 5 heteroatoms. The van der Waals surface area contributed by atoms with Gasteiger partial charge in [0, 0.05) is 12.4 Å². The lowest BCUT2D eigenvalue weighted by Gasteiger charge is -2.09. The Morgan fingerprint density at radius 1 is 1.33 bits per heavy atom. The number of hydrogen-bond donors (Lipinski definition) is 1. The van der Waals surface area contributed by atoms with E-state index in [1.165, 1.54) is 6.20 Å². The number of nitrogens with zero attached hydrogens (tertiary/aromatic N) is 2. The SMILES string of the molecule is CC(C)Oc1cccc(/C=N\NC(=O)c2cccnc2)c1. The molecule has 1 aromatic carbocycles. The number of carbonyl (C=O) groups is 1. The summed E-state index contributed by atoms with van der Waals surface area (Å²) in [5.41, 5.74) is 3.77. The van der Waals surface area contributed by atoms with E-state index in [1.807, 2.05) is 38.1 Å². The van der Waals surface area contributed by atoms with E-state index in [0.29, 0.717) is 5.56 Å². The second-order valence-electron chi connectivity index (χ2n) is 4.68. The Bertz CT molecular complexity index is 624. The van der Waals surface area contributed by atoms with Crippen LogP contribution in [-0.4, -0.2) is 23.2 Å². The number of pyridine rings is 1. The van der Waals surface area contributed by atoms with Gasteiger partial charge in [0.25, 0.3) is 5.91 Å². The molecule has 21 heavy (non-hydrogen) atoms. The Hall–Kier alpha value is -2.69. The van der Waals surface area contributed by atoms with Crippen molar-refractivity contribution in [2.75, 3.05) is 0 Å². The van der Waals surface area contributed by atoms with Crippen molar-refractivity contribution in [2.45, 2.75) is 20.0 Å². The van der Waals surface area contributed by atoms with Crippen LogP contribution in [0.5, 0.6) is 5.75 Å². The zero-order chi connectivity index (χ0) is 15.1. The highest BCUT2D eigenvalue weighted by Gasteiger charge is 2.02. The van der Waals surface area contributed by atoms with Crippen LogP contribution < -0.4 is 10.2 Å². The lowest BCUT2D eigenvalue weighted by molar-refractivity contribution is 0.0955. The summed E-state index contributed by atoms with van der Waals surface area (Å²) in [6.07, 6.45) is 4.78. The topological polar surface area (TPSA) is 63.6 Å². The van der Waals surface area contributed by atoms with Crippen LogP contribution in [0.2, 0.25) is 0 Å². The average Bonchev–Trinajstić information content (AvgIpc) is 2.48. The van der Waals surface area contributed by atoms with Crippen molar-refractivity contribution in [2.24, 2.45) is 5.10 Å². The van der Waals surface area contributed by atoms with Crippen LogP contribution in [0.15, 0.2) is 53.9 Å². The fourth-order valence-corrected chi connectivity index (χ4v) is 1.67. The lowest BCUT2D eigenvalue weighted by atomic mass is 10.2. The first-order chi connectivity index (χ1) is 10.1. The highest BCUT2D eigenvalue weighted by molar-refractivity contribution is 5.94. The number of aromatic nitrogens is 1. The first-order valence-electron chi connectivity index (χ1n) is 6.65. The molecule has 1 N–H and O–H groups in total. The van der Waals surface area contributed by atoms with Crippen molar-refractivity contribution >= 4 is 12.1 Å². The fraction of sp³-hybridized carbons (Fsp3) is 0.188. The molecule has 1 amide bonds. The number of hydrogen-bond acceptors (Lipinski definition) is 4. The largest absolute Gasteiger partial charge is 0.491 e. The zero-order valence-corrected chi connectivity index (χ0v) is 12.0. The second kappa shape index (κ2) is 7.19. The van der Waals surface area contributed by atoms with E-state index >= 15 is 0 Å². The van der Waals surface area contributed by atoms with Crippen molar-refractivity contribution in [3.63, 3.8) is 0 Å². The molecule has 1 heterocycles. The van der Waals surface area contributed by atoms with Crippen LogP contribution >= 0.6 is 0 Å². The quantitative estimate of drug-likeness (QED) is 0.677. The predicted molar refractivity (Wildman–Crippen MR) is 81.5 cm³/mol. The van der Waals surface area contributed by atoms with Crippen LogP contribution in [0.25, 0.3) is 0 Å². The Kier molecular flexibility index (Phi) is 5.04. The van der Waals surface area contributed by atoms with E-state index in [2.05, 4.69) is 15.5 Å². The van der Waals surface area contributed by atoms with Crippen LogP contribution in [-0.2, 0) is 0 Å². The Morgan fingerprint density at radius 3 is 2.90 bits per heavy atom. The maximum Gasteiger partial charge on any atom is 0.272 e. The van der Waals surface area contributed by atoms with E-state index in [9.17, 15) is 4.79 Å². The maximum absolute atomic E-state index is 11.8. The van der Waals surface area contributed by atoms with Crippen molar-refractivity contribution in [1.82, 2.24) is 10.4 Å². The van der Waals surface area contributed by atoms with Gasteiger partial charge in [-0.25, -0.2) is 5.43 Å². The van der Waals surface area contributed by atoms with Crippen molar-refractivity contribution < 1.29 is 9.53 Å². The van der Waals surface area contributed by atoms with E-state index in [0.717, 1.165) is 11.3 Å². The van der Waals surface area contributed by atoms with E-state index < -0.39 is 0 Å². The van der Waals surface area contributed by atoms with Gasteiger partial charge in [-0.2, -0.15) is 5.10 Å². The molecule has 0 unspecified atom stereocenters. The Labute approximate surface area is 123 Å². The van der Waals surface area contributed by atoms with Gasteiger partial charge in [0.1, 0.15) is 5.75 Å². The smallest absolute Gasteiger partial charge is 0.272 e. The minimum atomic E-state index is -0.297. The van der Waals surface area contributed by atoms with Gasteiger partial charge in [-0.1, -0.05) is 12.1 Å².